The molecule has 18 heavy (non-hydrogen) atoms. The number of aliphatic carboxylic acids is 1. The molecule has 100 valence electrons. The lowest BCUT2D eigenvalue weighted by atomic mass is 10.1. The zero-order chi connectivity index (χ0) is 13.9. The van der Waals surface area contributed by atoms with Crippen LogP contribution in [0.25, 0.3) is 0 Å². The number of rotatable bonds is 5. The molecule has 0 saturated heterocycles. The molecule has 4 nitrogen and oxygen atoms in total. The standard InChI is InChI=1S/C13H18O4S/c1-4-10-5-7-11(8-6-10)18(16,17)12(9(2)3)13(14)15/h5-9,12H,4H2,1-3H3,(H,14,15). The van der Waals surface area contributed by atoms with Crippen molar-refractivity contribution in [2.45, 2.75) is 37.3 Å². The fourth-order valence-corrected chi connectivity index (χ4v) is 3.63. The molecule has 1 N–H and O–H groups in total. The average Bonchev–Trinajstić information content (AvgIpc) is 2.27. The molecule has 0 heterocycles. The number of hydrogen-bond acceptors (Lipinski definition) is 3. The van der Waals surface area contributed by atoms with E-state index in [4.69, 9.17) is 5.11 Å². The first-order valence-corrected chi connectivity index (χ1v) is 7.41. The van der Waals surface area contributed by atoms with E-state index >= 15 is 0 Å². The van der Waals surface area contributed by atoms with E-state index in [2.05, 4.69) is 0 Å². The third-order valence-corrected chi connectivity index (χ3v) is 5.19. The van der Waals surface area contributed by atoms with Crippen LogP contribution in [0.5, 0.6) is 0 Å². The summed E-state index contributed by atoms with van der Waals surface area (Å²) in [5.41, 5.74) is 1.02. The highest BCUT2D eigenvalue weighted by Crippen LogP contribution is 2.22. The lowest BCUT2D eigenvalue weighted by molar-refractivity contribution is -0.137. The maximum absolute atomic E-state index is 12.2. The summed E-state index contributed by atoms with van der Waals surface area (Å²) in [6.07, 6.45) is 0.812. The minimum atomic E-state index is -3.82. The fraction of sp³-hybridized carbons (Fsp3) is 0.462. The summed E-state index contributed by atoms with van der Waals surface area (Å²) in [6.45, 7) is 5.16. The topological polar surface area (TPSA) is 71.4 Å². The monoisotopic (exact) mass is 270 g/mol. The molecule has 0 amide bonds. The van der Waals surface area contributed by atoms with E-state index in [0.717, 1.165) is 12.0 Å². The van der Waals surface area contributed by atoms with Gasteiger partial charge in [0.25, 0.3) is 0 Å². The number of carbonyl (C=O) groups is 1. The second-order valence-electron chi connectivity index (χ2n) is 4.55. The number of benzene rings is 1. The van der Waals surface area contributed by atoms with Gasteiger partial charge in [0.15, 0.2) is 15.1 Å². The summed E-state index contributed by atoms with van der Waals surface area (Å²) in [4.78, 5) is 11.2. The summed E-state index contributed by atoms with van der Waals surface area (Å²) in [5, 5.41) is 7.66. The van der Waals surface area contributed by atoms with E-state index in [-0.39, 0.29) is 4.90 Å². The molecule has 0 fully saturated rings. The molecule has 0 aromatic heterocycles. The number of sulfone groups is 1. The third-order valence-electron chi connectivity index (χ3n) is 2.84. The normalized spacial score (nSPS) is 13.6. The summed E-state index contributed by atoms with van der Waals surface area (Å²) in [6, 6.07) is 6.39. The van der Waals surface area contributed by atoms with Crippen LogP contribution in [0.4, 0.5) is 0 Å². The van der Waals surface area contributed by atoms with Crippen LogP contribution in [-0.4, -0.2) is 24.7 Å². The number of carboxylic acids is 1. The highest BCUT2D eigenvalue weighted by atomic mass is 32.2. The zero-order valence-electron chi connectivity index (χ0n) is 10.8. The second kappa shape index (κ2) is 5.52. The van der Waals surface area contributed by atoms with Crippen molar-refractivity contribution in [3.63, 3.8) is 0 Å². The lowest BCUT2D eigenvalue weighted by Crippen LogP contribution is -2.35. The van der Waals surface area contributed by atoms with Crippen molar-refractivity contribution in [3.05, 3.63) is 29.8 Å². The largest absolute Gasteiger partial charge is 0.480 e. The van der Waals surface area contributed by atoms with Crippen LogP contribution in [0.15, 0.2) is 29.2 Å². The first kappa shape index (κ1) is 14.7. The average molecular weight is 270 g/mol. The molecular weight excluding hydrogens is 252 g/mol. The van der Waals surface area contributed by atoms with E-state index in [0.29, 0.717) is 0 Å². The third kappa shape index (κ3) is 2.90. The molecule has 1 aromatic rings. The van der Waals surface area contributed by atoms with Gasteiger partial charge in [0.05, 0.1) is 4.90 Å². The van der Waals surface area contributed by atoms with Gasteiger partial charge in [-0.3, -0.25) is 4.79 Å². The maximum Gasteiger partial charge on any atom is 0.322 e. The molecule has 5 heteroatoms. The minimum Gasteiger partial charge on any atom is -0.480 e. The Morgan fingerprint density at radius 1 is 1.22 bits per heavy atom. The Labute approximate surface area is 108 Å². The highest BCUT2D eigenvalue weighted by molar-refractivity contribution is 7.92. The predicted molar refractivity (Wildman–Crippen MR) is 69.3 cm³/mol. The Hall–Kier alpha value is -1.36. The SMILES string of the molecule is CCc1ccc(S(=O)(=O)C(C(=O)O)C(C)C)cc1. The van der Waals surface area contributed by atoms with Crippen molar-refractivity contribution >= 4 is 15.8 Å². The zero-order valence-corrected chi connectivity index (χ0v) is 11.6. The van der Waals surface area contributed by atoms with Crippen LogP contribution in [-0.2, 0) is 21.1 Å². The highest BCUT2D eigenvalue weighted by Gasteiger charge is 2.36. The van der Waals surface area contributed by atoms with Gasteiger partial charge >= 0.3 is 5.97 Å². The van der Waals surface area contributed by atoms with Crippen molar-refractivity contribution < 1.29 is 18.3 Å². The van der Waals surface area contributed by atoms with Gasteiger partial charge < -0.3 is 5.11 Å². The molecular formula is C13H18O4S. The summed E-state index contributed by atoms with van der Waals surface area (Å²) in [5.74, 6) is -1.78. The Bertz CT molecular complexity index is 514. The fourth-order valence-electron chi connectivity index (χ4n) is 1.84. The molecule has 1 rings (SSSR count). The molecule has 1 aromatic carbocycles. The molecule has 0 aliphatic heterocycles. The van der Waals surface area contributed by atoms with Gasteiger partial charge in [0.2, 0.25) is 0 Å². The molecule has 0 bridgehead atoms. The molecule has 0 saturated carbocycles. The lowest BCUT2D eigenvalue weighted by Gasteiger charge is -2.17. The van der Waals surface area contributed by atoms with E-state index in [1.807, 2.05) is 6.92 Å². The van der Waals surface area contributed by atoms with E-state index in [9.17, 15) is 13.2 Å². The molecule has 0 aliphatic rings. The molecule has 1 atom stereocenters. The number of hydrogen-bond donors (Lipinski definition) is 1. The quantitative estimate of drug-likeness (QED) is 0.889. The van der Waals surface area contributed by atoms with Gasteiger partial charge in [-0.2, -0.15) is 0 Å². The van der Waals surface area contributed by atoms with Crippen molar-refractivity contribution in [2.24, 2.45) is 5.92 Å². The number of carboxylic acid groups (broad SMARTS) is 1. The maximum atomic E-state index is 12.2. The molecule has 1 unspecified atom stereocenters. The van der Waals surface area contributed by atoms with E-state index in [1.165, 1.54) is 12.1 Å². The Morgan fingerprint density at radius 2 is 1.72 bits per heavy atom. The van der Waals surface area contributed by atoms with Crippen molar-refractivity contribution in [2.75, 3.05) is 0 Å². The van der Waals surface area contributed by atoms with Gasteiger partial charge in [-0.15, -0.1) is 0 Å². The van der Waals surface area contributed by atoms with Crippen LogP contribution in [0.1, 0.15) is 26.3 Å². The predicted octanol–water partition coefficient (Wildman–Crippen LogP) is 2.13. The summed E-state index contributed by atoms with van der Waals surface area (Å²) >= 11 is 0. The molecule has 0 aliphatic carbocycles. The van der Waals surface area contributed by atoms with Gasteiger partial charge in [0.1, 0.15) is 0 Å². The number of aryl methyl sites for hydroxylation is 1. The van der Waals surface area contributed by atoms with Gasteiger partial charge in [-0.25, -0.2) is 8.42 Å². The Morgan fingerprint density at radius 3 is 2.06 bits per heavy atom. The van der Waals surface area contributed by atoms with Gasteiger partial charge in [-0.1, -0.05) is 32.9 Å². The van der Waals surface area contributed by atoms with Crippen molar-refractivity contribution in [1.29, 1.82) is 0 Å². The summed E-state index contributed by atoms with van der Waals surface area (Å²) < 4.78 is 24.5. The van der Waals surface area contributed by atoms with E-state index in [1.54, 1.807) is 26.0 Å². The van der Waals surface area contributed by atoms with Crippen LogP contribution in [0.3, 0.4) is 0 Å². The van der Waals surface area contributed by atoms with E-state index < -0.39 is 27.0 Å². The van der Waals surface area contributed by atoms with Crippen LogP contribution in [0, 0.1) is 5.92 Å². The first-order valence-electron chi connectivity index (χ1n) is 5.86. The minimum absolute atomic E-state index is 0.0702. The summed E-state index contributed by atoms with van der Waals surface area (Å²) in [7, 11) is -3.82. The molecule has 0 radical (unpaired) electrons. The van der Waals surface area contributed by atoms with Crippen LogP contribution in [0.2, 0.25) is 0 Å². The van der Waals surface area contributed by atoms with Gasteiger partial charge in [-0.05, 0) is 30.0 Å². The van der Waals surface area contributed by atoms with Crippen LogP contribution >= 0.6 is 0 Å². The van der Waals surface area contributed by atoms with Crippen LogP contribution < -0.4 is 0 Å². The van der Waals surface area contributed by atoms with Crippen molar-refractivity contribution in [1.82, 2.24) is 0 Å². The Kier molecular flexibility index (Phi) is 4.51. The Balaban J connectivity index is 3.22. The first-order chi connectivity index (χ1) is 8.30. The molecule has 0 spiro atoms. The van der Waals surface area contributed by atoms with Gasteiger partial charge in [0, 0.05) is 0 Å². The second-order valence-corrected chi connectivity index (χ2v) is 6.61. The smallest absolute Gasteiger partial charge is 0.322 e. The van der Waals surface area contributed by atoms with Crippen molar-refractivity contribution in [3.8, 4) is 0 Å².